The van der Waals surface area contributed by atoms with Gasteiger partial charge in [0, 0.05) is 12.1 Å². The third-order valence-electron chi connectivity index (χ3n) is 3.08. The number of rotatable bonds is 6. The van der Waals surface area contributed by atoms with E-state index in [9.17, 15) is 10.1 Å². The maximum absolute atomic E-state index is 10.7. The molecule has 124 valence electrons. The summed E-state index contributed by atoms with van der Waals surface area (Å²) in [6.45, 7) is 6.39. The van der Waals surface area contributed by atoms with Crippen LogP contribution in [0, 0.1) is 10.1 Å². The highest BCUT2D eigenvalue weighted by molar-refractivity contribution is 6.70. The van der Waals surface area contributed by atoms with Crippen molar-refractivity contribution in [3.63, 3.8) is 0 Å². The number of hydrogen-bond acceptors (Lipinski definition) is 3. The summed E-state index contributed by atoms with van der Waals surface area (Å²) in [6, 6.07) is 16.4. The maximum atomic E-state index is 10.7. The van der Waals surface area contributed by atoms with Crippen LogP contribution in [0.1, 0.15) is 11.1 Å². The van der Waals surface area contributed by atoms with Crippen molar-refractivity contribution >= 4 is 26.2 Å². The molecule has 24 heavy (non-hydrogen) atoms. The monoisotopic (exact) mass is 339 g/mol. The number of nitrogens with zero attached hydrogens (tertiary/aromatic N) is 1. The third-order valence-corrected chi connectivity index (χ3v) is 3.92. The Morgan fingerprint density at radius 2 is 1.62 bits per heavy atom. The van der Waals surface area contributed by atoms with Crippen LogP contribution in [0.5, 0.6) is 0 Å². The molecule has 5 heteroatoms. The van der Waals surface area contributed by atoms with Crippen molar-refractivity contribution in [3.05, 3.63) is 87.7 Å². The lowest BCUT2D eigenvalue weighted by Crippen LogP contribution is -2.24. The molecule has 0 aliphatic carbocycles. The summed E-state index contributed by atoms with van der Waals surface area (Å²) >= 11 is 0. The van der Waals surface area contributed by atoms with E-state index in [4.69, 9.17) is 4.43 Å². The number of nitro groups is 1. The SMILES string of the molecule is C[Si](C)(C)OC(=C\c1ccccc1)/C=C/c1ccc([N+](=O)[O-])cc1. The fourth-order valence-electron chi connectivity index (χ4n) is 2.06. The highest BCUT2D eigenvalue weighted by Gasteiger charge is 2.16. The van der Waals surface area contributed by atoms with Crippen LogP contribution in [0.15, 0.2) is 66.4 Å². The molecule has 0 aromatic heterocycles. The third kappa shape index (κ3) is 5.85. The number of nitro benzene ring substituents is 1. The molecule has 2 rings (SSSR count). The van der Waals surface area contributed by atoms with Crippen LogP contribution in [0.25, 0.3) is 12.2 Å². The normalized spacial score (nSPS) is 12.4. The van der Waals surface area contributed by atoms with E-state index in [2.05, 4.69) is 19.6 Å². The minimum Gasteiger partial charge on any atom is -0.544 e. The summed E-state index contributed by atoms with van der Waals surface area (Å²) < 4.78 is 6.13. The van der Waals surface area contributed by atoms with Crippen molar-refractivity contribution < 1.29 is 9.35 Å². The van der Waals surface area contributed by atoms with Gasteiger partial charge >= 0.3 is 0 Å². The van der Waals surface area contributed by atoms with E-state index in [-0.39, 0.29) is 5.69 Å². The van der Waals surface area contributed by atoms with Gasteiger partial charge in [-0.2, -0.15) is 0 Å². The summed E-state index contributed by atoms with van der Waals surface area (Å²) in [5.41, 5.74) is 2.04. The zero-order chi connectivity index (χ0) is 17.6. The smallest absolute Gasteiger partial charge is 0.269 e. The summed E-state index contributed by atoms with van der Waals surface area (Å²) in [7, 11) is -1.75. The second-order valence-corrected chi connectivity index (χ2v) is 10.8. The van der Waals surface area contributed by atoms with Crippen molar-refractivity contribution in [2.45, 2.75) is 19.6 Å². The van der Waals surface area contributed by atoms with Gasteiger partial charge in [-0.1, -0.05) is 36.4 Å². The van der Waals surface area contributed by atoms with Crippen LogP contribution >= 0.6 is 0 Å². The van der Waals surface area contributed by atoms with E-state index in [0.717, 1.165) is 16.9 Å². The van der Waals surface area contributed by atoms with Crippen LogP contribution in [-0.4, -0.2) is 13.2 Å². The van der Waals surface area contributed by atoms with E-state index in [1.165, 1.54) is 12.1 Å². The lowest BCUT2D eigenvalue weighted by Gasteiger charge is -2.20. The topological polar surface area (TPSA) is 52.4 Å². The van der Waals surface area contributed by atoms with E-state index in [1.807, 2.05) is 48.6 Å². The number of allylic oxidation sites excluding steroid dienone is 1. The first-order valence-electron chi connectivity index (χ1n) is 7.72. The average molecular weight is 339 g/mol. The Balaban J connectivity index is 2.24. The van der Waals surface area contributed by atoms with E-state index in [0.29, 0.717) is 0 Å². The van der Waals surface area contributed by atoms with Crippen molar-refractivity contribution in [1.29, 1.82) is 0 Å². The summed E-state index contributed by atoms with van der Waals surface area (Å²) in [5.74, 6) is 0.790. The molecule has 2 aromatic rings. The first kappa shape index (κ1) is 17.7. The van der Waals surface area contributed by atoms with E-state index in [1.54, 1.807) is 12.1 Å². The molecule has 0 bridgehead atoms. The Morgan fingerprint density at radius 3 is 2.17 bits per heavy atom. The van der Waals surface area contributed by atoms with E-state index < -0.39 is 13.2 Å². The first-order valence-corrected chi connectivity index (χ1v) is 11.1. The van der Waals surface area contributed by atoms with Gasteiger partial charge < -0.3 is 4.43 Å². The number of benzene rings is 2. The fraction of sp³-hybridized carbons (Fsp3) is 0.158. The second kappa shape index (κ2) is 7.74. The molecule has 0 saturated carbocycles. The molecule has 0 radical (unpaired) electrons. The molecular formula is C19H21NO3Si. The maximum Gasteiger partial charge on any atom is 0.269 e. The quantitative estimate of drug-likeness (QED) is 0.229. The van der Waals surface area contributed by atoms with E-state index >= 15 is 0 Å². The van der Waals surface area contributed by atoms with Gasteiger partial charge in [0.1, 0.15) is 5.76 Å². The predicted octanol–water partition coefficient (Wildman–Crippen LogP) is 5.50. The van der Waals surface area contributed by atoms with Gasteiger partial charge in [0.25, 0.3) is 5.69 Å². The van der Waals surface area contributed by atoms with Crippen molar-refractivity contribution in [2.75, 3.05) is 0 Å². The standard InChI is InChI=1S/C19H21NO3Si/c1-24(2,3)23-19(15-17-7-5-4-6-8-17)14-11-16-9-12-18(13-10-16)20(21)22/h4-15H,1-3H3/b14-11+,19-15-. The molecule has 0 aliphatic rings. The molecule has 0 atom stereocenters. The Hall–Kier alpha value is -2.66. The van der Waals surface area contributed by atoms with Gasteiger partial charge in [-0.05, 0) is 55.1 Å². The van der Waals surface area contributed by atoms with Gasteiger partial charge in [0.15, 0.2) is 0 Å². The van der Waals surface area contributed by atoms with Gasteiger partial charge in [-0.15, -0.1) is 0 Å². The zero-order valence-corrected chi connectivity index (χ0v) is 15.1. The fourth-order valence-corrected chi connectivity index (χ4v) is 2.90. The lowest BCUT2D eigenvalue weighted by atomic mass is 10.1. The largest absolute Gasteiger partial charge is 0.544 e. The summed E-state index contributed by atoms with van der Waals surface area (Å²) in [4.78, 5) is 10.3. The van der Waals surface area contributed by atoms with Crippen molar-refractivity contribution in [2.24, 2.45) is 0 Å². The Labute approximate surface area is 143 Å². The van der Waals surface area contributed by atoms with Gasteiger partial charge in [0.05, 0.1) is 4.92 Å². The molecule has 0 fully saturated rings. The molecule has 2 aromatic carbocycles. The Bertz CT molecular complexity index is 744. The highest BCUT2D eigenvalue weighted by atomic mass is 28.4. The molecular weight excluding hydrogens is 318 g/mol. The molecule has 0 N–H and O–H groups in total. The molecule has 0 saturated heterocycles. The van der Waals surface area contributed by atoms with Gasteiger partial charge in [-0.3, -0.25) is 10.1 Å². The van der Waals surface area contributed by atoms with Crippen LogP contribution < -0.4 is 0 Å². The van der Waals surface area contributed by atoms with Crippen molar-refractivity contribution in [3.8, 4) is 0 Å². The highest BCUT2D eigenvalue weighted by Crippen LogP contribution is 2.18. The number of hydrogen-bond donors (Lipinski definition) is 0. The summed E-state index contributed by atoms with van der Waals surface area (Å²) in [6.07, 6.45) is 5.81. The molecule has 0 unspecified atom stereocenters. The van der Waals surface area contributed by atoms with Gasteiger partial charge in [0.2, 0.25) is 8.32 Å². The minimum absolute atomic E-state index is 0.0885. The molecule has 4 nitrogen and oxygen atoms in total. The predicted molar refractivity (Wildman–Crippen MR) is 101 cm³/mol. The van der Waals surface area contributed by atoms with Gasteiger partial charge in [-0.25, -0.2) is 0 Å². The minimum atomic E-state index is -1.75. The van der Waals surface area contributed by atoms with Crippen LogP contribution in [0.2, 0.25) is 19.6 Å². The molecule has 0 amide bonds. The van der Waals surface area contributed by atoms with Crippen LogP contribution in [0.4, 0.5) is 5.69 Å². The molecule has 0 spiro atoms. The zero-order valence-electron chi connectivity index (χ0n) is 14.1. The number of non-ortho nitro benzene ring substituents is 1. The molecule has 0 heterocycles. The summed E-state index contributed by atoms with van der Waals surface area (Å²) in [5, 5.41) is 10.7. The Kier molecular flexibility index (Phi) is 5.71. The van der Waals surface area contributed by atoms with Crippen LogP contribution in [0.3, 0.4) is 0 Å². The van der Waals surface area contributed by atoms with Crippen molar-refractivity contribution in [1.82, 2.24) is 0 Å². The molecule has 0 aliphatic heterocycles. The Morgan fingerprint density at radius 1 is 1.00 bits per heavy atom. The second-order valence-electron chi connectivity index (χ2n) is 6.35. The first-order chi connectivity index (χ1) is 11.3. The lowest BCUT2D eigenvalue weighted by molar-refractivity contribution is -0.384. The van der Waals surface area contributed by atoms with Crippen LogP contribution in [-0.2, 0) is 4.43 Å². The average Bonchev–Trinajstić information content (AvgIpc) is 2.52.